The standard InChI is InChI=1S/C32H36N8O3/c1-32(2,3)25-17-24(39-43-25)27(33)31(41)37-20-11-13-21(14-12-20)40-30-26(29(34)35-18-36-30)28(38-40)19-9-15-23(16-10-19)42-22-7-5-4-6-8-22/h4-10,15-18,20-21,27H,11-14,33H2,1-3H3,(H,37,41)(H2,34,35,36)/t20-,21+,27-/m1/s1. The number of nitrogen functional groups attached to an aromatic ring is 1. The average molecular weight is 581 g/mol. The Labute approximate surface area is 249 Å². The van der Waals surface area contributed by atoms with Crippen molar-refractivity contribution in [2.75, 3.05) is 5.73 Å². The van der Waals surface area contributed by atoms with Gasteiger partial charge in [0.15, 0.2) is 5.65 Å². The zero-order valence-electron chi connectivity index (χ0n) is 24.5. The summed E-state index contributed by atoms with van der Waals surface area (Å²) >= 11 is 0. The summed E-state index contributed by atoms with van der Waals surface area (Å²) < 4.78 is 13.3. The molecular weight excluding hydrogens is 544 g/mol. The Kier molecular flexibility index (Phi) is 7.57. The number of nitrogens with zero attached hydrogens (tertiary/aromatic N) is 5. The highest BCUT2D eigenvalue weighted by Gasteiger charge is 2.30. The monoisotopic (exact) mass is 580 g/mol. The van der Waals surface area contributed by atoms with E-state index in [1.165, 1.54) is 6.33 Å². The van der Waals surface area contributed by atoms with Gasteiger partial charge in [0.05, 0.1) is 11.4 Å². The van der Waals surface area contributed by atoms with Gasteiger partial charge in [-0.15, -0.1) is 0 Å². The lowest BCUT2D eigenvalue weighted by molar-refractivity contribution is -0.123. The second-order valence-electron chi connectivity index (χ2n) is 12.0. The van der Waals surface area contributed by atoms with Gasteiger partial charge in [-0.25, -0.2) is 14.6 Å². The number of anilines is 1. The van der Waals surface area contributed by atoms with Gasteiger partial charge < -0.3 is 26.0 Å². The van der Waals surface area contributed by atoms with Gasteiger partial charge >= 0.3 is 0 Å². The zero-order valence-corrected chi connectivity index (χ0v) is 24.5. The molecule has 1 atom stereocenters. The van der Waals surface area contributed by atoms with Crippen LogP contribution in [-0.4, -0.2) is 36.9 Å². The number of aromatic nitrogens is 5. The predicted octanol–water partition coefficient (Wildman–Crippen LogP) is 5.45. The molecule has 1 fully saturated rings. The van der Waals surface area contributed by atoms with E-state index in [1.807, 2.05) is 80.1 Å². The summed E-state index contributed by atoms with van der Waals surface area (Å²) in [6, 6.07) is 18.4. The number of nitrogens with two attached hydrogens (primary N) is 2. The van der Waals surface area contributed by atoms with E-state index in [-0.39, 0.29) is 23.4 Å². The van der Waals surface area contributed by atoms with Crippen molar-refractivity contribution in [3.63, 3.8) is 0 Å². The van der Waals surface area contributed by atoms with Crippen molar-refractivity contribution in [1.29, 1.82) is 0 Å². The Morgan fingerprint density at radius 1 is 1.02 bits per heavy atom. The van der Waals surface area contributed by atoms with Crippen LogP contribution in [0, 0.1) is 0 Å². The topological polar surface area (TPSA) is 160 Å². The van der Waals surface area contributed by atoms with Crippen molar-refractivity contribution in [3.8, 4) is 22.8 Å². The molecule has 3 aromatic heterocycles. The van der Waals surface area contributed by atoms with Crippen LogP contribution in [0.3, 0.4) is 0 Å². The maximum atomic E-state index is 12.9. The fourth-order valence-corrected chi connectivity index (χ4v) is 5.44. The molecule has 1 aliphatic rings. The predicted molar refractivity (Wildman–Crippen MR) is 163 cm³/mol. The molecule has 0 spiro atoms. The van der Waals surface area contributed by atoms with Crippen LogP contribution in [0.15, 0.2) is 71.5 Å². The van der Waals surface area contributed by atoms with E-state index in [0.29, 0.717) is 22.9 Å². The first-order chi connectivity index (χ1) is 20.7. The molecule has 0 radical (unpaired) electrons. The summed E-state index contributed by atoms with van der Waals surface area (Å²) in [4.78, 5) is 21.8. The third-order valence-electron chi connectivity index (χ3n) is 7.88. The molecule has 1 aliphatic carbocycles. The summed E-state index contributed by atoms with van der Waals surface area (Å²) in [5.41, 5.74) is 15.1. The third-order valence-corrected chi connectivity index (χ3v) is 7.88. The molecule has 5 N–H and O–H groups in total. The van der Waals surface area contributed by atoms with Gasteiger partial charge in [-0.3, -0.25) is 4.79 Å². The van der Waals surface area contributed by atoms with Gasteiger partial charge in [0, 0.05) is 23.1 Å². The number of amides is 1. The van der Waals surface area contributed by atoms with Crippen molar-refractivity contribution in [2.24, 2.45) is 5.73 Å². The van der Waals surface area contributed by atoms with E-state index in [0.717, 1.165) is 53.8 Å². The molecule has 11 heteroatoms. The van der Waals surface area contributed by atoms with Crippen molar-refractivity contribution in [1.82, 2.24) is 30.2 Å². The van der Waals surface area contributed by atoms with E-state index in [1.54, 1.807) is 6.07 Å². The molecule has 11 nitrogen and oxygen atoms in total. The summed E-state index contributed by atoms with van der Waals surface area (Å²) in [7, 11) is 0. The minimum absolute atomic E-state index is 0.00179. The maximum absolute atomic E-state index is 12.9. The van der Waals surface area contributed by atoms with E-state index in [4.69, 9.17) is 25.8 Å². The molecule has 0 bridgehead atoms. The molecule has 6 rings (SSSR count). The molecule has 1 saturated carbocycles. The van der Waals surface area contributed by atoms with Crippen LogP contribution in [0.2, 0.25) is 0 Å². The maximum Gasteiger partial charge on any atom is 0.243 e. The molecule has 43 heavy (non-hydrogen) atoms. The smallest absolute Gasteiger partial charge is 0.243 e. The Morgan fingerprint density at radius 3 is 2.40 bits per heavy atom. The number of hydrogen-bond donors (Lipinski definition) is 3. The second kappa shape index (κ2) is 11.5. The summed E-state index contributed by atoms with van der Waals surface area (Å²) in [5.74, 6) is 2.31. The summed E-state index contributed by atoms with van der Waals surface area (Å²) in [6.07, 6.45) is 4.64. The largest absolute Gasteiger partial charge is 0.457 e. The van der Waals surface area contributed by atoms with E-state index < -0.39 is 6.04 Å². The third kappa shape index (κ3) is 5.94. The van der Waals surface area contributed by atoms with Crippen LogP contribution in [0.1, 0.15) is 70.0 Å². The molecule has 0 unspecified atom stereocenters. The molecule has 222 valence electrons. The number of carbonyl (C=O) groups is 1. The number of ether oxygens (including phenoxy) is 1. The Bertz CT molecular complexity index is 1720. The second-order valence-corrected chi connectivity index (χ2v) is 12.0. The van der Waals surface area contributed by atoms with Crippen molar-refractivity contribution in [2.45, 2.75) is 70.0 Å². The van der Waals surface area contributed by atoms with E-state index in [9.17, 15) is 4.79 Å². The van der Waals surface area contributed by atoms with Gasteiger partial charge in [0.1, 0.15) is 46.8 Å². The van der Waals surface area contributed by atoms with Gasteiger partial charge in [0.25, 0.3) is 0 Å². The molecule has 0 saturated heterocycles. The van der Waals surface area contributed by atoms with Gasteiger partial charge in [0.2, 0.25) is 5.91 Å². The van der Waals surface area contributed by atoms with Crippen LogP contribution in [-0.2, 0) is 10.2 Å². The fraction of sp³-hybridized carbons (Fsp3) is 0.344. The number of fused-ring (bicyclic) bond motifs is 1. The summed E-state index contributed by atoms with van der Waals surface area (Å²) in [5, 5.41) is 12.9. The van der Waals surface area contributed by atoms with Crippen molar-refractivity contribution >= 4 is 22.8 Å². The quantitative estimate of drug-likeness (QED) is 0.227. The lowest BCUT2D eigenvalue weighted by atomic mass is 9.91. The molecule has 3 heterocycles. The van der Waals surface area contributed by atoms with Crippen molar-refractivity contribution < 1.29 is 14.1 Å². The molecule has 0 aliphatic heterocycles. The lowest BCUT2D eigenvalue weighted by Gasteiger charge is -2.30. The van der Waals surface area contributed by atoms with Crippen LogP contribution in [0.4, 0.5) is 5.82 Å². The van der Waals surface area contributed by atoms with Crippen LogP contribution < -0.4 is 21.5 Å². The minimum Gasteiger partial charge on any atom is -0.457 e. The van der Waals surface area contributed by atoms with Gasteiger partial charge in [-0.2, -0.15) is 5.10 Å². The molecule has 1 amide bonds. The number of hydrogen-bond acceptors (Lipinski definition) is 9. The van der Waals surface area contributed by atoms with Gasteiger partial charge in [-0.05, 0) is 62.1 Å². The minimum atomic E-state index is -0.889. The van der Waals surface area contributed by atoms with E-state index >= 15 is 0 Å². The van der Waals surface area contributed by atoms with Crippen molar-refractivity contribution in [3.05, 3.63) is 78.4 Å². The number of rotatable bonds is 7. The number of carbonyl (C=O) groups excluding carboxylic acids is 1. The lowest BCUT2D eigenvalue weighted by Crippen LogP contribution is -2.42. The average Bonchev–Trinajstić information content (AvgIpc) is 3.65. The van der Waals surface area contributed by atoms with Crippen LogP contribution >= 0.6 is 0 Å². The van der Waals surface area contributed by atoms with E-state index in [2.05, 4.69) is 20.4 Å². The van der Waals surface area contributed by atoms with Crippen LogP contribution in [0.25, 0.3) is 22.3 Å². The first-order valence-corrected chi connectivity index (χ1v) is 14.5. The molecule has 5 aromatic rings. The summed E-state index contributed by atoms with van der Waals surface area (Å²) in [6.45, 7) is 6.06. The Morgan fingerprint density at radius 2 is 1.72 bits per heavy atom. The first-order valence-electron chi connectivity index (χ1n) is 14.5. The molecular formula is C32H36N8O3. The highest BCUT2D eigenvalue weighted by atomic mass is 16.5. The van der Waals surface area contributed by atoms with Crippen LogP contribution in [0.5, 0.6) is 11.5 Å². The Balaban J connectivity index is 1.15. The number of benzene rings is 2. The zero-order chi connectivity index (χ0) is 30.1. The highest BCUT2D eigenvalue weighted by Crippen LogP contribution is 2.37. The number of para-hydroxylation sites is 1. The fourth-order valence-electron chi connectivity index (χ4n) is 5.44. The number of nitrogens with one attached hydrogen (secondary N) is 1. The Hall–Kier alpha value is -4.77. The normalized spacial score (nSPS) is 18.0. The molecule has 2 aromatic carbocycles. The van der Waals surface area contributed by atoms with Gasteiger partial charge in [-0.1, -0.05) is 44.1 Å². The first kappa shape index (κ1) is 28.4. The highest BCUT2D eigenvalue weighted by molar-refractivity contribution is 5.98. The SMILES string of the molecule is CC(C)(C)c1cc([C@@H](N)C(=O)N[C@H]2CC[C@@H](n3nc(-c4ccc(Oc5ccccc5)cc4)c4c(N)ncnc43)CC2)no1.